The molecule has 0 aliphatic rings. The second kappa shape index (κ2) is 9.46. The number of hydrogen-bond acceptors (Lipinski definition) is 6. The van der Waals surface area contributed by atoms with E-state index < -0.39 is 17.8 Å². The summed E-state index contributed by atoms with van der Waals surface area (Å²) >= 11 is 1.42. The Bertz CT molecular complexity index is 1240. The molecule has 4 rings (SSSR count). The average Bonchev–Trinajstić information content (AvgIpc) is 3.22. The first-order valence-corrected chi connectivity index (χ1v) is 11.2. The molecular weight excluding hydrogens is 449 g/mol. The SMILES string of the molecule is CC(O)c1nc(NC[C@@H](N)Cc2ccc(C(F)(F)F)cc2)sc1-c1ccc2cnccc2c1. The quantitative estimate of drug-likeness (QED) is 0.335. The summed E-state index contributed by atoms with van der Waals surface area (Å²) in [7, 11) is 0. The minimum absolute atomic E-state index is 0.322. The van der Waals surface area contributed by atoms with E-state index in [1.807, 2.05) is 24.3 Å². The second-order valence-electron chi connectivity index (χ2n) is 7.89. The third kappa shape index (κ3) is 5.50. The van der Waals surface area contributed by atoms with Crippen molar-refractivity contribution < 1.29 is 18.3 Å². The molecule has 2 aromatic carbocycles. The van der Waals surface area contributed by atoms with Gasteiger partial charge in [0.1, 0.15) is 0 Å². The fourth-order valence-electron chi connectivity index (χ4n) is 3.55. The van der Waals surface area contributed by atoms with Gasteiger partial charge in [0, 0.05) is 30.4 Å². The molecule has 0 aliphatic heterocycles. The van der Waals surface area contributed by atoms with Gasteiger partial charge in [0.05, 0.1) is 22.2 Å². The van der Waals surface area contributed by atoms with Crippen LogP contribution in [0.4, 0.5) is 18.3 Å². The van der Waals surface area contributed by atoms with E-state index in [-0.39, 0.29) is 6.04 Å². The van der Waals surface area contributed by atoms with Crippen LogP contribution in [0.5, 0.6) is 0 Å². The van der Waals surface area contributed by atoms with Gasteiger partial charge >= 0.3 is 6.18 Å². The molecule has 0 aliphatic carbocycles. The number of anilines is 1. The van der Waals surface area contributed by atoms with Crippen LogP contribution in [0.25, 0.3) is 21.2 Å². The third-order valence-corrected chi connectivity index (χ3v) is 6.32. The molecule has 0 amide bonds. The van der Waals surface area contributed by atoms with E-state index in [0.29, 0.717) is 23.8 Å². The minimum atomic E-state index is -4.35. The van der Waals surface area contributed by atoms with Crippen LogP contribution in [0, 0.1) is 0 Å². The van der Waals surface area contributed by atoms with Crippen molar-refractivity contribution >= 4 is 27.2 Å². The molecule has 0 saturated carbocycles. The highest BCUT2D eigenvalue weighted by atomic mass is 32.1. The summed E-state index contributed by atoms with van der Waals surface area (Å²) < 4.78 is 38.2. The number of rotatable bonds is 7. The molecule has 2 heterocycles. The number of thiazole rings is 1. The molecule has 4 N–H and O–H groups in total. The van der Waals surface area contributed by atoms with E-state index in [9.17, 15) is 18.3 Å². The van der Waals surface area contributed by atoms with Crippen molar-refractivity contribution in [1.29, 1.82) is 0 Å². The zero-order chi connectivity index (χ0) is 23.6. The summed E-state index contributed by atoms with van der Waals surface area (Å²) in [4.78, 5) is 9.54. The van der Waals surface area contributed by atoms with E-state index in [4.69, 9.17) is 5.73 Å². The lowest BCUT2D eigenvalue weighted by Crippen LogP contribution is -2.31. The highest BCUT2D eigenvalue weighted by Crippen LogP contribution is 2.37. The van der Waals surface area contributed by atoms with Gasteiger partial charge < -0.3 is 16.2 Å². The number of halogens is 3. The Kier molecular flexibility index (Phi) is 6.64. The highest BCUT2D eigenvalue weighted by molar-refractivity contribution is 7.19. The van der Waals surface area contributed by atoms with Crippen LogP contribution in [0.3, 0.4) is 0 Å². The van der Waals surface area contributed by atoms with Crippen LogP contribution in [0.15, 0.2) is 60.9 Å². The number of aliphatic hydroxyl groups excluding tert-OH is 1. The summed E-state index contributed by atoms with van der Waals surface area (Å²) in [6.07, 6.45) is -1.15. The molecule has 0 saturated heterocycles. The average molecular weight is 473 g/mol. The van der Waals surface area contributed by atoms with E-state index in [1.54, 1.807) is 19.3 Å². The second-order valence-corrected chi connectivity index (χ2v) is 8.89. The molecule has 0 radical (unpaired) electrons. The van der Waals surface area contributed by atoms with Crippen molar-refractivity contribution in [1.82, 2.24) is 9.97 Å². The summed E-state index contributed by atoms with van der Waals surface area (Å²) in [5, 5.41) is 16.1. The van der Waals surface area contributed by atoms with Crippen molar-refractivity contribution in [2.45, 2.75) is 31.7 Å². The molecule has 0 bridgehead atoms. The summed E-state index contributed by atoms with van der Waals surface area (Å²) in [6, 6.07) is 12.6. The lowest BCUT2D eigenvalue weighted by atomic mass is 10.0. The largest absolute Gasteiger partial charge is 0.416 e. The predicted octanol–water partition coefficient (Wildman–Crippen LogP) is 5.41. The van der Waals surface area contributed by atoms with Crippen molar-refractivity contribution in [3.63, 3.8) is 0 Å². The first kappa shape index (κ1) is 23.2. The molecule has 9 heteroatoms. The molecule has 0 spiro atoms. The van der Waals surface area contributed by atoms with Gasteiger partial charge in [-0.05, 0) is 54.1 Å². The van der Waals surface area contributed by atoms with Crippen LogP contribution in [-0.4, -0.2) is 27.7 Å². The number of benzene rings is 2. The number of nitrogens with two attached hydrogens (primary N) is 1. The van der Waals surface area contributed by atoms with Crippen molar-refractivity contribution in [3.05, 3.63) is 77.7 Å². The predicted molar refractivity (Wildman–Crippen MR) is 125 cm³/mol. The fraction of sp³-hybridized carbons (Fsp3) is 0.250. The first-order chi connectivity index (χ1) is 15.7. The minimum Gasteiger partial charge on any atom is -0.387 e. The Hall–Kier alpha value is -3.01. The molecule has 4 aromatic rings. The third-order valence-electron chi connectivity index (χ3n) is 5.25. The van der Waals surface area contributed by atoms with Crippen LogP contribution in [0.2, 0.25) is 0 Å². The number of alkyl halides is 3. The summed E-state index contributed by atoms with van der Waals surface area (Å²) in [5.74, 6) is 0. The van der Waals surface area contributed by atoms with E-state index in [2.05, 4.69) is 15.3 Å². The lowest BCUT2D eigenvalue weighted by Gasteiger charge is -2.13. The Morgan fingerprint density at radius 1 is 1.09 bits per heavy atom. The Morgan fingerprint density at radius 3 is 2.55 bits per heavy atom. The van der Waals surface area contributed by atoms with Crippen LogP contribution in [-0.2, 0) is 12.6 Å². The van der Waals surface area contributed by atoms with E-state index in [1.165, 1.54) is 23.5 Å². The van der Waals surface area contributed by atoms with Crippen LogP contribution in [0.1, 0.15) is 29.8 Å². The Labute approximate surface area is 193 Å². The van der Waals surface area contributed by atoms with E-state index in [0.717, 1.165) is 38.9 Å². The molecule has 5 nitrogen and oxygen atoms in total. The van der Waals surface area contributed by atoms with Crippen molar-refractivity contribution in [2.75, 3.05) is 11.9 Å². The number of fused-ring (bicyclic) bond motifs is 1. The number of nitrogens with one attached hydrogen (secondary N) is 1. The molecule has 2 aromatic heterocycles. The van der Waals surface area contributed by atoms with Gasteiger partial charge in [-0.1, -0.05) is 35.6 Å². The van der Waals surface area contributed by atoms with Gasteiger partial charge in [-0.2, -0.15) is 13.2 Å². The van der Waals surface area contributed by atoms with Gasteiger partial charge in [-0.3, -0.25) is 4.98 Å². The molecule has 172 valence electrons. The van der Waals surface area contributed by atoms with Gasteiger partial charge in [0.25, 0.3) is 0 Å². The molecule has 2 atom stereocenters. The molecule has 0 fully saturated rings. The maximum absolute atomic E-state index is 12.7. The summed E-state index contributed by atoms with van der Waals surface area (Å²) in [6.45, 7) is 2.06. The standard InChI is InChI=1S/C24H23F3N4OS/c1-14(32)21-22(17-4-5-18-12-29-9-8-16(18)11-17)33-23(31-21)30-13-20(28)10-15-2-6-19(7-3-15)24(25,26)27/h2-9,11-12,14,20,32H,10,13,28H2,1H3,(H,30,31)/t14?,20-/m0/s1. The highest BCUT2D eigenvalue weighted by Gasteiger charge is 2.30. The van der Waals surface area contributed by atoms with Crippen molar-refractivity contribution in [3.8, 4) is 10.4 Å². The molecule has 1 unspecified atom stereocenters. The summed E-state index contributed by atoms with van der Waals surface area (Å²) in [5.41, 5.74) is 7.77. The Morgan fingerprint density at radius 2 is 1.85 bits per heavy atom. The lowest BCUT2D eigenvalue weighted by molar-refractivity contribution is -0.137. The monoisotopic (exact) mass is 472 g/mol. The zero-order valence-corrected chi connectivity index (χ0v) is 18.6. The van der Waals surface area contributed by atoms with E-state index >= 15 is 0 Å². The number of nitrogens with zero attached hydrogens (tertiary/aromatic N) is 2. The first-order valence-electron chi connectivity index (χ1n) is 10.4. The number of aromatic nitrogens is 2. The van der Waals surface area contributed by atoms with Crippen molar-refractivity contribution in [2.24, 2.45) is 5.73 Å². The van der Waals surface area contributed by atoms with Gasteiger partial charge in [-0.25, -0.2) is 4.98 Å². The normalized spacial score (nSPS) is 13.8. The fourth-order valence-corrected chi connectivity index (χ4v) is 4.60. The maximum atomic E-state index is 12.7. The topological polar surface area (TPSA) is 84.1 Å². The number of hydrogen-bond donors (Lipinski definition) is 3. The zero-order valence-electron chi connectivity index (χ0n) is 17.8. The van der Waals surface area contributed by atoms with Gasteiger partial charge in [0.2, 0.25) is 0 Å². The Balaban J connectivity index is 1.46. The number of pyridine rings is 1. The number of aliphatic hydroxyl groups is 1. The van der Waals surface area contributed by atoms with Crippen LogP contribution < -0.4 is 11.1 Å². The van der Waals surface area contributed by atoms with Crippen LogP contribution >= 0.6 is 11.3 Å². The maximum Gasteiger partial charge on any atom is 0.416 e. The van der Waals surface area contributed by atoms with Gasteiger partial charge in [-0.15, -0.1) is 0 Å². The van der Waals surface area contributed by atoms with Gasteiger partial charge in [0.15, 0.2) is 5.13 Å². The molecular formula is C24H23F3N4OS. The molecule has 33 heavy (non-hydrogen) atoms. The smallest absolute Gasteiger partial charge is 0.387 e.